The summed E-state index contributed by atoms with van der Waals surface area (Å²) in [5.41, 5.74) is 2.40. The third-order valence-electron chi connectivity index (χ3n) is 3.21. The number of carbonyl (C=O) groups is 1. The van der Waals surface area contributed by atoms with E-state index in [1.54, 1.807) is 22.7 Å². The van der Waals surface area contributed by atoms with Crippen LogP contribution < -0.4 is 5.56 Å². The molecule has 110 valence electrons. The molecule has 0 radical (unpaired) electrons. The van der Waals surface area contributed by atoms with Gasteiger partial charge in [0, 0.05) is 18.0 Å². The van der Waals surface area contributed by atoms with Crippen LogP contribution in [0.15, 0.2) is 21.8 Å². The maximum atomic E-state index is 12.3. The van der Waals surface area contributed by atoms with Crippen molar-refractivity contribution in [2.45, 2.75) is 13.0 Å². The van der Waals surface area contributed by atoms with E-state index in [0.29, 0.717) is 36.9 Å². The SMILES string of the molecule is Cc1nc([C@@H]2CN(C(=O)c3cscn3)CCO2)cc(=O)[nH]1. The minimum atomic E-state index is -0.387. The molecule has 1 amide bonds. The molecular weight excluding hydrogens is 292 g/mol. The van der Waals surface area contributed by atoms with Gasteiger partial charge in [0.25, 0.3) is 11.5 Å². The molecule has 0 aromatic carbocycles. The second kappa shape index (κ2) is 5.74. The lowest BCUT2D eigenvalue weighted by Gasteiger charge is -2.32. The molecule has 21 heavy (non-hydrogen) atoms. The van der Waals surface area contributed by atoms with Crippen molar-refractivity contribution in [1.82, 2.24) is 19.9 Å². The quantitative estimate of drug-likeness (QED) is 0.884. The molecule has 0 aliphatic carbocycles. The van der Waals surface area contributed by atoms with Crippen molar-refractivity contribution < 1.29 is 9.53 Å². The number of hydrogen-bond donors (Lipinski definition) is 1. The van der Waals surface area contributed by atoms with Crippen molar-refractivity contribution in [3.63, 3.8) is 0 Å². The van der Waals surface area contributed by atoms with Gasteiger partial charge < -0.3 is 14.6 Å². The molecule has 1 aliphatic rings. The lowest BCUT2D eigenvalue weighted by atomic mass is 10.2. The molecule has 0 spiro atoms. The first kappa shape index (κ1) is 13.9. The highest BCUT2D eigenvalue weighted by molar-refractivity contribution is 7.07. The minimum Gasteiger partial charge on any atom is -0.368 e. The summed E-state index contributed by atoms with van der Waals surface area (Å²) in [7, 11) is 0. The third-order valence-corrected chi connectivity index (χ3v) is 3.80. The number of amides is 1. The van der Waals surface area contributed by atoms with Crippen LogP contribution in [0.3, 0.4) is 0 Å². The maximum Gasteiger partial charge on any atom is 0.273 e. The molecule has 1 saturated heterocycles. The highest BCUT2D eigenvalue weighted by Gasteiger charge is 2.28. The average Bonchev–Trinajstić information content (AvgIpc) is 3.00. The van der Waals surface area contributed by atoms with Crippen LogP contribution >= 0.6 is 11.3 Å². The molecule has 3 heterocycles. The van der Waals surface area contributed by atoms with Crippen molar-refractivity contribution in [3.05, 3.63) is 44.5 Å². The Kier molecular flexibility index (Phi) is 3.80. The molecular formula is C13H14N4O3S. The van der Waals surface area contributed by atoms with Crippen LogP contribution in [0.5, 0.6) is 0 Å². The van der Waals surface area contributed by atoms with Crippen LogP contribution in [0.2, 0.25) is 0 Å². The number of rotatable bonds is 2. The van der Waals surface area contributed by atoms with E-state index in [2.05, 4.69) is 15.0 Å². The van der Waals surface area contributed by atoms with Crippen molar-refractivity contribution in [2.24, 2.45) is 0 Å². The molecule has 1 atom stereocenters. The fraction of sp³-hybridized carbons (Fsp3) is 0.385. The van der Waals surface area contributed by atoms with E-state index in [1.807, 2.05) is 0 Å². The molecule has 1 N–H and O–H groups in total. The smallest absolute Gasteiger partial charge is 0.273 e. The Morgan fingerprint density at radius 1 is 1.57 bits per heavy atom. The highest BCUT2D eigenvalue weighted by atomic mass is 32.1. The van der Waals surface area contributed by atoms with Crippen molar-refractivity contribution in [3.8, 4) is 0 Å². The zero-order valence-corrected chi connectivity index (χ0v) is 12.2. The van der Waals surface area contributed by atoms with Crippen molar-refractivity contribution >= 4 is 17.2 Å². The van der Waals surface area contributed by atoms with Crippen LogP contribution in [0.1, 0.15) is 28.1 Å². The van der Waals surface area contributed by atoms with Crippen LogP contribution in [0, 0.1) is 6.92 Å². The predicted octanol–water partition coefficient (Wildman–Crippen LogP) is 0.749. The van der Waals surface area contributed by atoms with Gasteiger partial charge in [-0.05, 0) is 6.92 Å². The molecule has 2 aromatic heterocycles. The standard InChI is InChI=1S/C13H14N4O3S/c1-8-15-9(4-12(18)16-8)11-5-17(2-3-20-11)13(19)10-6-21-7-14-10/h4,6-7,11H,2-3,5H2,1H3,(H,15,16,18)/t11-/m0/s1. The number of hydrogen-bond acceptors (Lipinski definition) is 6. The molecule has 0 saturated carbocycles. The number of nitrogens with one attached hydrogen (secondary N) is 1. The van der Waals surface area contributed by atoms with Gasteiger partial charge in [0.05, 0.1) is 24.4 Å². The zero-order chi connectivity index (χ0) is 14.8. The van der Waals surface area contributed by atoms with Gasteiger partial charge in [-0.1, -0.05) is 0 Å². The molecule has 2 aromatic rings. The summed E-state index contributed by atoms with van der Waals surface area (Å²) < 4.78 is 5.64. The number of H-pyrrole nitrogens is 1. The number of aromatic amines is 1. The molecule has 3 rings (SSSR count). The van der Waals surface area contributed by atoms with Crippen LogP contribution in [0.4, 0.5) is 0 Å². The predicted molar refractivity (Wildman–Crippen MR) is 76.3 cm³/mol. The van der Waals surface area contributed by atoms with Gasteiger partial charge in [0.15, 0.2) is 0 Å². The Morgan fingerprint density at radius 2 is 2.43 bits per heavy atom. The van der Waals surface area contributed by atoms with E-state index in [1.165, 1.54) is 17.4 Å². The Hall–Kier alpha value is -2.06. The number of morpholine rings is 1. The van der Waals surface area contributed by atoms with Crippen LogP contribution in [-0.2, 0) is 4.74 Å². The van der Waals surface area contributed by atoms with Crippen molar-refractivity contribution in [1.29, 1.82) is 0 Å². The third kappa shape index (κ3) is 3.01. The fourth-order valence-corrected chi connectivity index (χ4v) is 2.79. The van der Waals surface area contributed by atoms with E-state index in [9.17, 15) is 9.59 Å². The van der Waals surface area contributed by atoms with Crippen LogP contribution in [0.25, 0.3) is 0 Å². The minimum absolute atomic E-state index is 0.119. The summed E-state index contributed by atoms with van der Waals surface area (Å²) in [4.78, 5) is 36.4. The van der Waals surface area contributed by atoms with E-state index in [0.717, 1.165) is 0 Å². The number of carbonyl (C=O) groups excluding carboxylic acids is 1. The number of aryl methyl sites for hydroxylation is 1. The van der Waals surface area contributed by atoms with Gasteiger partial charge in [-0.2, -0.15) is 0 Å². The summed E-state index contributed by atoms with van der Waals surface area (Å²) in [6.07, 6.45) is -0.387. The van der Waals surface area contributed by atoms with Gasteiger partial charge >= 0.3 is 0 Å². The second-order valence-corrected chi connectivity index (χ2v) is 5.46. The average molecular weight is 306 g/mol. The molecule has 7 nitrogen and oxygen atoms in total. The summed E-state index contributed by atoms with van der Waals surface area (Å²) in [5, 5.41) is 1.72. The molecule has 1 fully saturated rings. The molecule has 0 bridgehead atoms. The Morgan fingerprint density at radius 3 is 3.14 bits per heavy atom. The van der Waals surface area contributed by atoms with Gasteiger partial charge in [0.1, 0.15) is 17.6 Å². The first-order valence-corrected chi connectivity index (χ1v) is 7.44. The lowest BCUT2D eigenvalue weighted by Crippen LogP contribution is -2.42. The normalized spacial score (nSPS) is 18.7. The lowest BCUT2D eigenvalue weighted by molar-refractivity contribution is -0.0250. The van der Waals surface area contributed by atoms with Gasteiger partial charge in [0.2, 0.25) is 0 Å². The number of nitrogens with zero attached hydrogens (tertiary/aromatic N) is 3. The molecule has 8 heteroatoms. The monoisotopic (exact) mass is 306 g/mol. The van der Waals surface area contributed by atoms with Crippen molar-refractivity contribution in [2.75, 3.05) is 19.7 Å². The zero-order valence-electron chi connectivity index (χ0n) is 11.4. The fourth-order valence-electron chi connectivity index (χ4n) is 2.26. The first-order chi connectivity index (χ1) is 10.1. The molecule has 1 aliphatic heterocycles. The topological polar surface area (TPSA) is 88.2 Å². The number of ether oxygens (including phenoxy) is 1. The van der Waals surface area contributed by atoms with Gasteiger partial charge in [-0.15, -0.1) is 11.3 Å². The molecule has 0 unspecified atom stereocenters. The number of thiazole rings is 1. The van der Waals surface area contributed by atoms with Gasteiger partial charge in [-0.3, -0.25) is 9.59 Å². The second-order valence-electron chi connectivity index (χ2n) is 4.74. The summed E-state index contributed by atoms with van der Waals surface area (Å²) in [6, 6.07) is 1.41. The van der Waals surface area contributed by atoms with Crippen LogP contribution in [-0.4, -0.2) is 45.5 Å². The largest absolute Gasteiger partial charge is 0.368 e. The Labute approximate surface area is 124 Å². The maximum absolute atomic E-state index is 12.3. The summed E-state index contributed by atoms with van der Waals surface area (Å²) in [5.74, 6) is 0.412. The Balaban J connectivity index is 1.79. The number of aromatic nitrogens is 3. The van der Waals surface area contributed by atoms with E-state index in [4.69, 9.17) is 4.74 Å². The van der Waals surface area contributed by atoms with E-state index in [-0.39, 0.29) is 17.6 Å². The Bertz CT molecular complexity index is 698. The first-order valence-electron chi connectivity index (χ1n) is 6.50. The summed E-state index contributed by atoms with van der Waals surface area (Å²) in [6.45, 7) is 3.00. The van der Waals surface area contributed by atoms with E-state index >= 15 is 0 Å². The summed E-state index contributed by atoms with van der Waals surface area (Å²) >= 11 is 1.39. The van der Waals surface area contributed by atoms with E-state index < -0.39 is 0 Å². The highest BCUT2D eigenvalue weighted by Crippen LogP contribution is 2.21. The van der Waals surface area contributed by atoms with Gasteiger partial charge in [-0.25, -0.2) is 9.97 Å².